The van der Waals surface area contributed by atoms with E-state index in [1.54, 1.807) is 23.6 Å². The molecule has 3 rings (SSSR count). The Morgan fingerprint density at radius 3 is 2.66 bits per heavy atom. The minimum atomic E-state index is -0.549. The lowest BCUT2D eigenvalue weighted by molar-refractivity contribution is -0.141. The monoisotopic (exact) mass is 415 g/mol. The molecule has 1 atom stereocenters. The number of methoxy groups -OCH3 is 1. The molecule has 0 radical (unpaired) electrons. The summed E-state index contributed by atoms with van der Waals surface area (Å²) in [4.78, 5) is 29.5. The van der Waals surface area contributed by atoms with Gasteiger partial charge in [-0.3, -0.25) is 14.0 Å². The maximum Gasteiger partial charge on any atom is 0.307 e. The lowest BCUT2D eigenvalue weighted by atomic mass is 10.0. The van der Waals surface area contributed by atoms with Gasteiger partial charge in [-0.05, 0) is 19.4 Å². The van der Waals surface area contributed by atoms with Crippen molar-refractivity contribution in [3.63, 3.8) is 0 Å². The molecule has 152 valence electrons. The van der Waals surface area contributed by atoms with Crippen LogP contribution in [0.5, 0.6) is 5.75 Å². The fraction of sp³-hybridized carbons (Fsp3) is 0.286. The van der Waals surface area contributed by atoms with Crippen LogP contribution in [0.15, 0.2) is 42.6 Å². The smallest absolute Gasteiger partial charge is 0.307 e. The maximum absolute atomic E-state index is 13.2. The van der Waals surface area contributed by atoms with Crippen molar-refractivity contribution < 1.29 is 19.1 Å². The van der Waals surface area contributed by atoms with Gasteiger partial charge in [0, 0.05) is 12.3 Å². The van der Waals surface area contributed by atoms with E-state index in [1.165, 1.54) is 7.11 Å². The van der Waals surface area contributed by atoms with Crippen LogP contribution in [0, 0.1) is 6.92 Å². The summed E-state index contributed by atoms with van der Waals surface area (Å²) < 4.78 is 12.0. The number of pyridine rings is 1. The van der Waals surface area contributed by atoms with Crippen LogP contribution >= 0.6 is 11.6 Å². The first-order valence-electron chi connectivity index (χ1n) is 9.18. The number of rotatable bonds is 7. The molecule has 7 nitrogen and oxygen atoms in total. The predicted molar refractivity (Wildman–Crippen MR) is 109 cm³/mol. The topological polar surface area (TPSA) is 81.9 Å². The van der Waals surface area contributed by atoms with Crippen LogP contribution in [-0.2, 0) is 9.53 Å². The lowest BCUT2D eigenvalue weighted by Crippen LogP contribution is -2.31. The SMILES string of the molecule is CCOc1cc(Cl)cn2c(C(=O)N[C@@H](CC(=O)OC)c3ccccc3)c(C)nc12. The molecule has 3 aromatic rings. The molecular weight excluding hydrogens is 394 g/mol. The third-order valence-electron chi connectivity index (χ3n) is 4.45. The zero-order valence-electron chi connectivity index (χ0n) is 16.4. The summed E-state index contributed by atoms with van der Waals surface area (Å²) >= 11 is 6.21. The van der Waals surface area contributed by atoms with Crippen molar-refractivity contribution in [2.24, 2.45) is 0 Å². The van der Waals surface area contributed by atoms with Gasteiger partial charge in [-0.15, -0.1) is 0 Å². The Balaban J connectivity index is 1.99. The summed E-state index contributed by atoms with van der Waals surface area (Å²) in [5.74, 6) is -0.301. The number of imidazole rings is 1. The van der Waals surface area contributed by atoms with Gasteiger partial charge in [-0.2, -0.15) is 0 Å². The molecular formula is C21H22ClN3O4. The first-order valence-corrected chi connectivity index (χ1v) is 9.56. The standard InChI is InChI=1S/C21H22ClN3O4/c1-4-29-17-10-15(22)12-25-19(13(2)23-20(17)25)21(27)24-16(11-18(26)28-3)14-8-6-5-7-9-14/h5-10,12,16H,4,11H2,1-3H3,(H,24,27)/t16-/m0/s1. The fourth-order valence-electron chi connectivity index (χ4n) is 3.15. The Hall–Kier alpha value is -3.06. The molecule has 0 bridgehead atoms. The van der Waals surface area contributed by atoms with Crippen LogP contribution in [-0.4, -0.2) is 35.0 Å². The normalized spacial score (nSPS) is 11.9. The van der Waals surface area contributed by atoms with Gasteiger partial charge in [0.25, 0.3) is 5.91 Å². The van der Waals surface area contributed by atoms with Crippen molar-refractivity contribution in [2.45, 2.75) is 26.3 Å². The van der Waals surface area contributed by atoms with E-state index in [0.29, 0.717) is 34.4 Å². The Morgan fingerprint density at radius 2 is 2.00 bits per heavy atom. The van der Waals surface area contributed by atoms with Gasteiger partial charge in [-0.25, -0.2) is 4.98 Å². The van der Waals surface area contributed by atoms with Gasteiger partial charge in [-0.1, -0.05) is 41.9 Å². The number of hydrogen-bond donors (Lipinski definition) is 1. The second-order valence-electron chi connectivity index (χ2n) is 6.41. The summed E-state index contributed by atoms with van der Waals surface area (Å²) in [6.45, 7) is 4.04. The average Bonchev–Trinajstić information content (AvgIpc) is 3.04. The molecule has 0 aliphatic rings. The van der Waals surface area contributed by atoms with Crippen LogP contribution in [0.2, 0.25) is 5.02 Å². The Labute approximate surface area is 173 Å². The molecule has 0 aliphatic heterocycles. The third-order valence-corrected chi connectivity index (χ3v) is 4.65. The van der Waals surface area contributed by atoms with Crippen LogP contribution in [0.1, 0.15) is 41.1 Å². The number of aryl methyl sites for hydroxylation is 1. The van der Waals surface area contributed by atoms with Crippen molar-refractivity contribution in [2.75, 3.05) is 13.7 Å². The van der Waals surface area contributed by atoms with Crippen LogP contribution in [0.3, 0.4) is 0 Å². The Morgan fingerprint density at radius 1 is 1.28 bits per heavy atom. The minimum absolute atomic E-state index is 0.00693. The molecule has 0 aliphatic carbocycles. The van der Waals surface area contributed by atoms with Crippen LogP contribution in [0.25, 0.3) is 5.65 Å². The Kier molecular flexibility index (Phi) is 6.39. The van der Waals surface area contributed by atoms with Crippen molar-refractivity contribution >= 4 is 29.1 Å². The van der Waals surface area contributed by atoms with Gasteiger partial charge in [0.15, 0.2) is 11.4 Å². The molecule has 1 N–H and O–H groups in total. The largest absolute Gasteiger partial charge is 0.490 e. The summed E-state index contributed by atoms with van der Waals surface area (Å²) in [6, 6.07) is 10.4. The van der Waals surface area contributed by atoms with Crippen LogP contribution < -0.4 is 10.1 Å². The van der Waals surface area contributed by atoms with E-state index < -0.39 is 12.0 Å². The second-order valence-corrected chi connectivity index (χ2v) is 6.85. The van der Waals surface area contributed by atoms with Crippen LogP contribution in [0.4, 0.5) is 0 Å². The first-order chi connectivity index (χ1) is 13.9. The van der Waals surface area contributed by atoms with Gasteiger partial charge in [0.2, 0.25) is 0 Å². The number of nitrogens with one attached hydrogen (secondary N) is 1. The number of carbonyl (C=O) groups excluding carboxylic acids is 2. The zero-order valence-corrected chi connectivity index (χ0v) is 17.2. The summed E-state index contributed by atoms with van der Waals surface area (Å²) in [5.41, 5.74) is 2.15. The highest BCUT2D eigenvalue weighted by Crippen LogP contribution is 2.27. The van der Waals surface area contributed by atoms with E-state index in [0.717, 1.165) is 5.56 Å². The van der Waals surface area contributed by atoms with E-state index in [4.69, 9.17) is 21.1 Å². The lowest BCUT2D eigenvalue weighted by Gasteiger charge is -2.18. The third kappa shape index (κ3) is 4.51. The van der Waals surface area contributed by atoms with E-state index in [9.17, 15) is 9.59 Å². The number of hydrogen-bond acceptors (Lipinski definition) is 5. The molecule has 0 fully saturated rings. The van der Waals surface area contributed by atoms with Crippen molar-refractivity contribution in [1.29, 1.82) is 0 Å². The summed E-state index contributed by atoms with van der Waals surface area (Å²) in [6.07, 6.45) is 1.62. The molecule has 0 spiro atoms. The highest BCUT2D eigenvalue weighted by Gasteiger charge is 2.24. The number of fused-ring (bicyclic) bond motifs is 1. The van der Waals surface area contributed by atoms with Crippen molar-refractivity contribution in [3.05, 3.63) is 64.6 Å². The summed E-state index contributed by atoms with van der Waals surface area (Å²) in [5, 5.41) is 3.34. The highest BCUT2D eigenvalue weighted by atomic mass is 35.5. The number of esters is 1. The molecule has 2 aromatic heterocycles. The number of benzene rings is 1. The van der Waals surface area contributed by atoms with Gasteiger partial charge < -0.3 is 14.8 Å². The van der Waals surface area contributed by atoms with E-state index in [2.05, 4.69) is 10.3 Å². The molecule has 0 saturated carbocycles. The molecule has 1 amide bonds. The molecule has 8 heteroatoms. The maximum atomic E-state index is 13.2. The quantitative estimate of drug-likeness (QED) is 0.594. The van der Waals surface area contributed by atoms with E-state index in [1.807, 2.05) is 37.3 Å². The van der Waals surface area contributed by atoms with Gasteiger partial charge in [0.05, 0.1) is 36.9 Å². The first kappa shape index (κ1) is 20.7. The number of halogens is 1. The number of nitrogens with zero attached hydrogens (tertiary/aromatic N) is 2. The number of carbonyl (C=O) groups is 2. The van der Waals surface area contributed by atoms with Crippen molar-refractivity contribution in [1.82, 2.24) is 14.7 Å². The predicted octanol–water partition coefficient (Wildman–Crippen LogP) is 3.73. The zero-order chi connectivity index (χ0) is 21.0. The minimum Gasteiger partial charge on any atom is -0.490 e. The average molecular weight is 416 g/mol. The molecule has 0 saturated heterocycles. The fourth-order valence-corrected chi connectivity index (χ4v) is 3.34. The second kappa shape index (κ2) is 8.96. The van der Waals surface area contributed by atoms with E-state index in [-0.39, 0.29) is 12.3 Å². The van der Waals surface area contributed by atoms with Crippen molar-refractivity contribution in [3.8, 4) is 5.75 Å². The molecule has 1 aromatic carbocycles. The molecule has 29 heavy (non-hydrogen) atoms. The molecule has 0 unspecified atom stereocenters. The molecule has 2 heterocycles. The summed E-state index contributed by atoms with van der Waals surface area (Å²) in [7, 11) is 1.32. The number of ether oxygens (including phenoxy) is 2. The van der Waals surface area contributed by atoms with E-state index >= 15 is 0 Å². The number of aromatic nitrogens is 2. The highest BCUT2D eigenvalue weighted by molar-refractivity contribution is 6.30. The van der Waals surface area contributed by atoms with Gasteiger partial charge >= 0.3 is 5.97 Å². The Bertz CT molecular complexity index is 1030. The number of amides is 1. The van der Waals surface area contributed by atoms with Gasteiger partial charge in [0.1, 0.15) is 5.69 Å².